The van der Waals surface area contributed by atoms with Crippen molar-refractivity contribution in [1.29, 1.82) is 0 Å². The number of nitrogens with one attached hydrogen (secondary N) is 2. The largest absolute Gasteiger partial charge is 0.383 e. The Morgan fingerprint density at radius 2 is 2.19 bits per heavy atom. The number of nitrogens with two attached hydrogens (primary N) is 1. The minimum absolute atomic E-state index is 0.157. The minimum Gasteiger partial charge on any atom is -0.383 e. The molecule has 0 aliphatic rings. The van der Waals surface area contributed by atoms with Crippen LogP contribution in [0.5, 0.6) is 0 Å². The Morgan fingerprint density at radius 3 is 2.69 bits per heavy atom. The van der Waals surface area contributed by atoms with E-state index in [1.165, 1.54) is 6.20 Å². The second-order valence-corrected chi connectivity index (χ2v) is 4.54. The molecule has 16 heavy (non-hydrogen) atoms. The van der Waals surface area contributed by atoms with Crippen LogP contribution in [0.4, 0.5) is 5.82 Å². The van der Waals surface area contributed by atoms with E-state index in [0.717, 1.165) is 12.8 Å². The zero-order valence-corrected chi connectivity index (χ0v) is 10.1. The summed E-state index contributed by atoms with van der Waals surface area (Å²) in [6.07, 6.45) is 3.52. The van der Waals surface area contributed by atoms with Gasteiger partial charge in [0.2, 0.25) is 0 Å². The first-order valence-electron chi connectivity index (χ1n) is 5.60. The van der Waals surface area contributed by atoms with E-state index < -0.39 is 0 Å². The van der Waals surface area contributed by atoms with Gasteiger partial charge in [0, 0.05) is 6.04 Å². The van der Waals surface area contributed by atoms with Gasteiger partial charge in [0.15, 0.2) is 0 Å². The SMILES string of the molecule is CC(C)CCC(C)NC(=O)c1cn[nH]c1N. The highest BCUT2D eigenvalue weighted by Gasteiger charge is 2.14. The van der Waals surface area contributed by atoms with E-state index in [-0.39, 0.29) is 11.9 Å². The summed E-state index contributed by atoms with van der Waals surface area (Å²) >= 11 is 0. The molecule has 0 spiro atoms. The summed E-state index contributed by atoms with van der Waals surface area (Å²) in [5.74, 6) is 0.800. The summed E-state index contributed by atoms with van der Waals surface area (Å²) in [6, 6.07) is 0.157. The third-order valence-corrected chi connectivity index (χ3v) is 2.47. The number of carbonyl (C=O) groups is 1. The molecule has 4 N–H and O–H groups in total. The summed E-state index contributed by atoms with van der Waals surface area (Å²) < 4.78 is 0. The first-order valence-corrected chi connectivity index (χ1v) is 5.60. The predicted octanol–water partition coefficient (Wildman–Crippen LogP) is 1.55. The molecule has 5 nitrogen and oxygen atoms in total. The average Bonchev–Trinajstić information content (AvgIpc) is 2.61. The third-order valence-electron chi connectivity index (χ3n) is 2.47. The Kier molecular flexibility index (Phi) is 4.34. The second-order valence-electron chi connectivity index (χ2n) is 4.54. The molecule has 1 heterocycles. The van der Waals surface area contributed by atoms with E-state index in [4.69, 9.17) is 5.73 Å². The summed E-state index contributed by atoms with van der Waals surface area (Å²) in [5.41, 5.74) is 5.97. The highest BCUT2D eigenvalue weighted by Crippen LogP contribution is 2.09. The standard InChI is InChI=1S/C11H20N4O/c1-7(2)4-5-8(3)14-11(16)9-6-13-15-10(9)12/h6-8H,4-5H2,1-3H3,(H,14,16)(H3,12,13,15). The quantitative estimate of drug-likeness (QED) is 0.709. The molecule has 0 aromatic carbocycles. The lowest BCUT2D eigenvalue weighted by molar-refractivity contribution is 0.0938. The van der Waals surface area contributed by atoms with Crippen molar-refractivity contribution < 1.29 is 4.79 Å². The molecule has 0 aliphatic heterocycles. The van der Waals surface area contributed by atoms with Gasteiger partial charge in [0.1, 0.15) is 11.4 Å². The molecule has 1 rings (SSSR count). The number of nitrogens with zero attached hydrogens (tertiary/aromatic N) is 1. The fraction of sp³-hybridized carbons (Fsp3) is 0.636. The van der Waals surface area contributed by atoms with Crippen molar-refractivity contribution in [3.8, 4) is 0 Å². The van der Waals surface area contributed by atoms with E-state index in [2.05, 4.69) is 29.4 Å². The molecule has 90 valence electrons. The highest BCUT2D eigenvalue weighted by atomic mass is 16.1. The van der Waals surface area contributed by atoms with Gasteiger partial charge in [-0.25, -0.2) is 0 Å². The predicted molar refractivity (Wildman–Crippen MR) is 64.0 cm³/mol. The number of carbonyl (C=O) groups excluding carboxylic acids is 1. The third kappa shape index (κ3) is 3.56. The summed E-state index contributed by atoms with van der Waals surface area (Å²) in [4.78, 5) is 11.7. The molecule has 1 amide bonds. The van der Waals surface area contributed by atoms with Crippen LogP contribution in [0.1, 0.15) is 44.0 Å². The Morgan fingerprint density at radius 1 is 1.50 bits per heavy atom. The Balaban J connectivity index is 2.43. The monoisotopic (exact) mass is 224 g/mol. The molecule has 1 unspecified atom stereocenters. The van der Waals surface area contributed by atoms with E-state index in [9.17, 15) is 4.79 Å². The molecule has 0 saturated carbocycles. The van der Waals surface area contributed by atoms with Crippen LogP contribution in [-0.4, -0.2) is 22.1 Å². The highest BCUT2D eigenvalue weighted by molar-refractivity contribution is 5.98. The zero-order chi connectivity index (χ0) is 12.1. The number of anilines is 1. The van der Waals surface area contributed by atoms with Gasteiger partial charge in [0.25, 0.3) is 5.91 Å². The van der Waals surface area contributed by atoms with E-state index in [0.29, 0.717) is 17.3 Å². The first-order chi connectivity index (χ1) is 7.50. The number of H-pyrrole nitrogens is 1. The van der Waals surface area contributed by atoms with Crippen LogP contribution >= 0.6 is 0 Å². The molecule has 1 aromatic rings. The maximum atomic E-state index is 11.7. The van der Waals surface area contributed by atoms with Crippen molar-refractivity contribution in [2.45, 2.75) is 39.7 Å². The molecule has 1 atom stereocenters. The fourth-order valence-electron chi connectivity index (χ4n) is 1.43. The lowest BCUT2D eigenvalue weighted by Crippen LogP contribution is -2.32. The van der Waals surface area contributed by atoms with E-state index >= 15 is 0 Å². The summed E-state index contributed by atoms with van der Waals surface area (Å²) in [7, 11) is 0. The molecular weight excluding hydrogens is 204 g/mol. The van der Waals surface area contributed by atoms with Crippen LogP contribution in [0.2, 0.25) is 0 Å². The molecule has 0 aliphatic carbocycles. The second kappa shape index (κ2) is 5.53. The number of hydrogen-bond donors (Lipinski definition) is 3. The lowest BCUT2D eigenvalue weighted by Gasteiger charge is -2.14. The van der Waals surface area contributed by atoms with Gasteiger partial charge in [0.05, 0.1) is 6.20 Å². The normalized spacial score (nSPS) is 12.8. The van der Waals surface area contributed by atoms with Crippen molar-refractivity contribution in [2.75, 3.05) is 5.73 Å². The number of nitrogen functional groups attached to an aromatic ring is 1. The number of amides is 1. The van der Waals surface area contributed by atoms with Gasteiger partial charge < -0.3 is 11.1 Å². The molecule has 5 heteroatoms. The summed E-state index contributed by atoms with van der Waals surface area (Å²) in [6.45, 7) is 6.34. The first kappa shape index (κ1) is 12.5. The van der Waals surface area contributed by atoms with Gasteiger partial charge in [-0.1, -0.05) is 13.8 Å². The Labute approximate surface area is 95.8 Å². The van der Waals surface area contributed by atoms with Gasteiger partial charge in [-0.2, -0.15) is 5.10 Å². The van der Waals surface area contributed by atoms with E-state index in [1.807, 2.05) is 6.92 Å². The van der Waals surface area contributed by atoms with Gasteiger partial charge in [-0.15, -0.1) is 0 Å². The smallest absolute Gasteiger partial charge is 0.256 e. The molecule has 0 saturated heterocycles. The summed E-state index contributed by atoms with van der Waals surface area (Å²) in [5, 5.41) is 9.15. The number of rotatable bonds is 5. The minimum atomic E-state index is -0.164. The average molecular weight is 224 g/mol. The maximum Gasteiger partial charge on any atom is 0.256 e. The van der Waals surface area contributed by atoms with Crippen molar-refractivity contribution in [3.63, 3.8) is 0 Å². The molecule has 1 aromatic heterocycles. The van der Waals surface area contributed by atoms with Crippen molar-refractivity contribution in [3.05, 3.63) is 11.8 Å². The van der Waals surface area contributed by atoms with Crippen LogP contribution in [0, 0.1) is 5.92 Å². The van der Waals surface area contributed by atoms with Crippen LogP contribution < -0.4 is 11.1 Å². The molecular formula is C11H20N4O. The number of hydrogen-bond acceptors (Lipinski definition) is 3. The Hall–Kier alpha value is -1.52. The van der Waals surface area contributed by atoms with Crippen LogP contribution in [-0.2, 0) is 0 Å². The van der Waals surface area contributed by atoms with Crippen LogP contribution in [0.25, 0.3) is 0 Å². The lowest BCUT2D eigenvalue weighted by atomic mass is 10.0. The van der Waals surface area contributed by atoms with Crippen molar-refractivity contribution >= 4 is 11.7 Å². The molecule has 0 radical (unpaired) electrons. The van der Waals surface area contributed by atoms with Crippen molar-refractivity contribution in [2.24, 2.45) is 5.92 Å². The zero-order valence-electron chi connectivity index (χ0n) is 10.1. The van der Waals surface area contributed by atoms with Crippen LogP contribution in [0.15, 0.2) is 6.20 Å². The Bertz CT molecular complexity index is 346. The van der Waals surface area contributed by atoms with Gasteiger partial charge >= 0.3 is 0 Å². The van der Waals surface area contributed by atoms with E-state index in [1.54, 1.807) is 0 Å². The number of aromatic amines is 1. The number of aromatic nitrogens is 2. The fourth-order valence-corrected chi connectivity index (χ4v) is 1.43. The topological polar surface area (TPSA) is 83.8 Å². The molecule has 0 fully saturated rings. The van der Waals surface area contributed by atoms with Crippen LogP contribution in [0.3, 0.4) is 0 Å². The molecule has 0 bridgehead atoms. The van der Waals surface area contributed by atoms with Crippen molar-refractivity contribution in [1.82, 2.24) is 15.5 Å². The van der Waals surface area contributed by atoms with Gasteiger partial charge in [-0.3, -0.25) is 9.89 Å². The van der Waals surface area contributed by atoms with Gasteiger partial charge in [-0.05, 0) is 25.7 Å². The maximum absolute atomic E-state index is 11.7.